The number of benzene rings is 4. The van der Waals surface area contributed by atoms with Gasteiger partial charge >= 0.3 is 5.76 Å². The molecule has 45 heavy (non-hydrogen) atoms. The van der Waals surface area contributed by atoms with Crippen LogP contribution in [0, 0.1) is 13.8 Å². The molecule has 5 aromatic rings. The lowest BCUT2D eigenvalue weighted by molar-refractivity contribution is 0.504. The second-order valence-corrected chi connectivity index (χ2v) is 15.4. The van der Waals surface area contributed by atoms with Crippen LogP contribution in [-0.4, -0.2) is 25.6 Å². The second kappa shape index (κ2) is 12.9. The Kier molecular flexibility index (Phi) is 9.33. The Hall–Kier alpha value is -3.81. The summed E-state index contributed by atoms with van der Waals surface area (Å²) in [6.07, 6.45) is 1.14. The molecule has 0 aliphatic carbocycles. The standard InChI is InChI=1S/C31H24Cl2N2O7S3/c1-19-3-9-23(10-4-19)44(38,39)17-21-7-13-25(29-16-42-31(36)35(29)22-8-14-27(32)28(33)15-22)26(30(21)34-43-37)18-45(40,41)24-11-5-20(2)6-12-24/h3-16H,17-18H2,1-2H3. The van der Waals surface area contributed by atoms with E-state index in [1.807, 2.05) is 13.8 Å². The summed E-state index contributed by atoms with van der Waals surface area (Å²) in [5.74, 6) is -2.05. The second-order valence-electron chi connectivity index (χ2n) is 10.2. The summed E-state index contributed by atoms with van der Waals surface area (Å²) in [6, 6.07) is 19.9. The smallest absolute Gasteiger partial charge is 0.415 e. The number of hydrogen-bond acceptors (Lipinski definition) is 8. The molecular formula is C31H24Cl2N2O7S3. The first kappa shape index (κ1) is 32.6. The van der Waals surface area contributed by atoms with Crippen LogP contribution in [0.1, 0.15) is 22.3 Å². The van der Waals surface area contributed by atoms with Crippen LogP contribution >= 0.6 is 23.2 Å². The van der Waals surface area contributed by atoms with Gasteiger partial charge in [0.05, 0.1) is 48.4 Å². The number of rotatable bonds is 9. The first-order valence-electron chi connectivity index (χ1n) is 13.2. The third kappa shape index (κ3) is 6.90. The molecule has 0 radical (unpaired) electrons. The molecule has 1 aromatic heterocycles. The largest absolute Gasteiger partial charge is 0.424 e. The van der Waals surface area contributed by atoms with Gasteiger partial charge in [-0.3, -0.25) is 0 Å². The van der Waals surface area contributed by atoms with Crippen molar-refractivity contribution in [2.24, 2.45) is 4.36 Å². The van der Waals surface area contributed by atoms with Gasteiger partial charge in [0.1, 0.15) is 6.26 Å². The first-order valence-corrected chi connectivity index (χ1v) is 18.0. The number of sulfone groups is 2. The van der Waals surface area contributed by atoms with Crippen molar-refractivity contribution in [3.63, 3.8) is 0 Å². The Morgan fingerprint density at radius 1 is 0.778 bits per heavy atom. The van der Waals surface area contributed by atoms with Crippen LogP contribution in [-0.2, 0) is 42.6 Å². The quantitative estimate of drug-likeness (QED) is 0.162. The van der Waals surface area contributed by atoms with Crippen molar-refractivity contribution in [3.05, 3.63) is 128 Å². The fourth-order valence-electron chi connectivity index (χ4n) is 4.75. The molecular weight excluding hydrogens is 679 g/mol. The molecule has 4 aromatic carbocycles. The van der Waals surface area contributed by atoms with E-state index in [-0.39, 0.29) is 65.1 Å². The normalized spacial score (nSPS) is 11.8. The van der Waals surface area contributed by atoms with Crippen molar-refractivity contribution in [2.45, 2.75) is 35.1 Å². The van der Waals surface area contributed by atoms with Gasteiger partial charge in [-0.2, -0.15) is 8.57 Å². The molecule has 0 bridgehead atoms. The van der Waals surface area contributed by atoms with Gasteiger partial charge in [0.2, 0.25) is 11.5 Å². The minimum absolute atomic E-state index is 0.00476. The summed E-state index contributed by atoms with van der Waals surface area (Å²) < 4.78 is 76.7. The lowest BCUT2D eigenvalue weighted by Gasteiger charge is -2.17. The van der Waals surface area contributed by atoms with Crippen molar-refractivity contribution in [1.29, 1.82) is 0 Å². The molecule has 9 nitrogen and oxygen atoms in total. The highest BCUT2D eigenvalue weighted by molar-refractivity contribution is 7.91. The van der Waals surface area contributed by atoms with E-state index in [2.05, 4.69) is 4.36 Å². The van der Waals surface area contributed by atoms with E-state index in [0.29, 0.717) is 0 Å². The van der Waals surface area contributed by atoms with Gasteiger partial charge in [-0.15, -0.1) is 0 Å². The van der Waals surface area contributed by atoms with Gasteiger partial charge in [-0.05, 0) is 61.9 Å². The van der Waals surface area contributed by atoms with Crippen LogP contribution in [0.4, 0.5) is 5.69 Å². The van der Waals surface area contributed by atoms with E-state index < -0.39 is 36.9 Å². The zero-order chi connectivity index (χ0) is 32.5. The molecule has 0 unspecified atom stereocenters. The average Bonchev–Trinajstić information content (AvgIpc) is 3.37. The third-order valence-electron chi connectivity index (χ3n) is 7.07. The van der Waals surface area contributed by atoms with Crippen molar-refractivity contribution in [3.8, 4) is 16.9 Å². The number of aromatic nitrogens is 1. The molecule has 0 spiro atoms. The van der Waals surface area contributed by atoms with E-state index in [0.717, 1.165) is 22.0 Å². The zero-order valence-electron chi connectivity index (χ0n) is 23.7. The first-order chi connectivity index (χ1) is 21.3. The zero-order valence-corrected chi connectivity index (χ0v) is 27.7. The Morgan fingerprint density at radius 3 is 1.91 bits per heavy atom. The molecule has 5 rings (SSSR count). The minimum Gasteiger partial charge on any atom is -0.415 e. The molecule has 232 valence electrons. The molecule has 0 atom stereocenters. The van der Waals surface area contributed by atoms with E-state index >= 15 is 0 Å². The van der Waals surface area contributed by atoms with Crippen molar-refractivity contribution >= 4 is 60.0 Å². The van der Waals surface area contributed by atoms with Gasteiger partial charge < -0.3 is 4.42 Å². The monoisotopic (exact) mass is 702 g/mol. The van der Waals surface area contributed by atoms with Crippen LogP contribution in [0.15, 0.2) is 108 Å². The van der Waals surface area contributed by atoms with Crippen molar-refractivity contribution in [1.82, 2.24) is 4.57 Å². The Bertz CT molecular complexity index is 2260. The summed E-state index contributed by atoms with van der Waals surface area (Å²) >= 11 is 12.1. The highest BCUT2D eigenvalue weighted by Crippen LogP contribution is 2.39. The molecule has 0 saturated heterocycles. The number of halogens is 2. The van der Waals surface area contributed by atoms with Crippen LogP contribution < -0.4 is 5.76 Å². The van der Waals surface area contributed by atoms with Gasteiger partial charge in [0.15, 0.2) is 19.7 Å². The molecule has 0 saturated carbocycles. The maximum Gasteiger partial charge on any atom is 0.424 e. The van der Waals surface area contributed by atoms with Crippen LogP contribution in [0.25, 0.3) is 16.9 Å². The maximum absolute atomic E-state index is 13.8. The predicted octanol–water partition coefficient (Wildman–Crippen LogP) is 7.00. The minimum atomic E-state index is -4.08. The molecule has 0 aliphatic rings. The molecule has 14 heteroatoms. The lowest BCUT2D eigenvalue weighted by Crippen LogP contribution is -2.15. The average molecular weight is 704 g/mol. The lowest BCUT2D eigenvalue weighted by atomic mass is 10.0. The number of hydrogen-bond donors (Lipinski definition) is 0. The topological polar surface area (TPSA) is 133 Å². The van der Waals surface area contributed by atoms with Crippen LogP contribution in [0.3, 0.4) is 0 Å². The van der Waals surface area contributed by atoms with E-state index in [9.17, 15) is 25.8 Å². The summed E-state index contributed by atoms with van der Waals surface area (Å²) in [5, 5.41) is 0.404. The Morgan fingerprint density at radius 2 is 1.36 bits per heavy atom. The summed E-state index contributed by atoms with van der Waals surface area (Å²) in [4.78, 5) is 13.0. The van der Waals surface area contributed by atoms with Crippen molar-refractivity contribution in [2.75, 3.05) is 0 Å². The highest BCUT2D eigenvalue weighted by atomic mass is 35.5. The predicted molar refractivity (Wildman–Crippen MR) is 174 cm³/mol. The van der Waals surface area contributed by atoms with Gasteiger partial charge in [0, 0.05) is 11.1 Å². The Balaban J connectivity index is 1.76. The van der Waals surface area contributed by atoms with Gasteiger partial charge in [0.25, 0.3) is 0 Å². The SMILES string of the molecule is Cc1ccc(S(=O)(=O)Cc2ccc(-c3coc(=O)n3-c3ccc(Cl)c(Cl)c3)c(CS(=O)(=O)c3ccc(C)cc3)c2N=S=O)cc1. The fraction of sp³-hybridized carbons (Fsp3) is 0.129. The van der Waals surface area contributed by atoms with E-state index in [1.54, 1.807) is 24.3 Å². The molecule has 1 heterocycles. The highest BCUT2D eigenvalue weighted by Gasteiger charge is 2.27. The maximum atomic E-state index is 13.8. The van der Waals surface area contributed by atoms with Crippen LogP contribution in [0.5, 0.6) is 0 Å². The number of nitrogens with zero attached hydrogens (tertiary/aromatic N) is 2. The number of aryl methyl sites for hydroxylation is 2. The van der Waals surface area contributed by atoms with Crippen LogP contribution in [0.2, 0.25) is 10.0 Å². The van der Waals surface area contributed by atoms with E-state index in [1.165, 1.54) is 54.6 Å². The summed E-state index contributed by atoms with van der Waals surface area (Å²) in [6.45, 7) is 3.64. The van der Waals surface area contributed by atoms with E-state index in [4.69, 9.17) is 27.6 Å². The van der Waals surface area contributed by atoms with Crippen molar-refractivity contribution < 1.29 is 25.5 Å². The molecule has 0 fully saturated rings. The fourth-order valence-corrected chi connectivity index (χ4v) is 8.10. The van der Waals surface area contributed by atoms with Gasteiger partial charge in [-0.25, -0.2) is 26.2 Å². The number of oxazole rings is 1. The summed E-state index contributed by atoms with van der Waals surface area (Å²) in [5.41, 5.74) is 2.25. The molecule has 0 aliphatic heterocycles. The third-order valence-corrected chi connectivity index (χ3v) is 11.4. The van der Waals surface area contributed by atoms with Gasteiger partial charge in [-0.1, -0.05) is 70.7 Å². The molecule has 0 amide bonds. The molecule has 0 N–H and O–H groups in total. The summed E-state index contributed by atoms with van der Waals surface area (Å²) in [7, 11) is -8.02. The Labute approximate surface area is 273 Å².